The largest absolute Gasteiger partial charge is 0.486 e. The minimum atomic E-state index is -0.686. The number of para-hydroxylation sites is 2. The second-order valence-corrected chi connectivity index (χ2v) is 8.04. The van der Waals surface area contributed by atoms with Crippen molar-refractivity contribution in [3.63, 3.8) is 0 Å². The molecule has 2 amide bonds. The fourth-order valence-electron chi connectivity index (χ4n) is 4.51. The number of fused-ring (bicyclic) bond motifs is 2. The molecule has 3 aliphatic rings. The molecule has 1 saturated heterocycles. The molecule has 30 heavy (non-hydrogen) atoms. The second kappa shape index (κ2) is 7.74. The van der Waals surface area contributed by atoms with Crippen LogP contribution in [0.25, 0.3) is 0 Å². The summed E-state index contributed by atoms with van der Waals surface area (Å²) in [5.41, 5.74) is 0.991. The number of hydrogen-bond acceptors (Lipinski definition) is 6. The standard InChI is InChI=1S/C23H24N2O5/c26-18(21-14-29-19-7-3-4-8-20(19)30-21)13-24-11-9-15(10-12-24)25-22(27)16-5-1-2-6-17(16)23(25)28/h1-8,15,18,21,26H,9-14H2. The van der Waals surface area contributed by atoms with E-state index in [1.807, 2.05) is 24.3 Å². The second-order valence-electron chi connectivity index (χ2n) is 8.04. The Morgan fingerprint density at radius 1 is 0.933 bits per heavy atom. The highest BCUT2D eigenvalue weighted by molar-refractivity contribution is 6.21. The zero-order chi connectivity index (χ0) is 20.7. The molecule has 0 saturated carbocycles. The van der Waals surface area contributed by atoms with Crippen molar-refractivity contribution in [2.24, 2.45) is 0 Å². The quantitative estimate of drug-likeness (QED) is 0.779. The molecular weight excluding hydrogens is 384 g/mol. The van der Waals surface area contributed by atoms with E-state index >= 15 is 0 Å². The Morgan fingerprint density at radius 2 is 1.53 bits per heavy atom. The fraction of sp³-hybridized carbons (Fsp3) is 0.391. The zero-order valence-electron chi connectivity index (χ0n) is 16.6. The monoisotopic (exact) mass is 408 g/mol. The number of aliphatic hydroxyl groups is 1. The summed E-state index contributed by atoms with van der Waals surface area (Å²) in [6, 6.07) is 14.3. The average Bonchev–Trinajstić information content (AvgIpc) is 3.04. The van der Waals surface area contributed by atoms with Crippen LogP contribution >= 0.6 is 0 Å². The Kier molecular flexibility index (Phi) is 4.92. The van der Waals surface area contributed by atoms with Gasteiger partial charge in [-0.2, -0.15) is 0 Å². The summed E-state index contributed by atoms with van der Waals surface area (Å²) in [6.07, 6.45) is 0.287. The van der Waals surface area contributed by atoms with Gasteiger partial charge in [-0.1, -0.05) is 24.3 Å². The van der Waals surface area contributed by atoms with Crippen molar-refractivity contribution in [2.45, 2.75) is 31.1 Å². The van der Waals surface area contributed by atoms with Crippen LogP contribution in [0.5, 0.6) is 11.5 Å². The number of ether oxygens (including phenoxy) is 2. The smallest absolute Gasteiger partial charge is 0.261 e. The molecule has 3 aliphatic heterocycles. The summed E-state index contributed by atoms with van der Waals surface area (Å²) < 4.78 is 11.6. The van der Waals surface area contributed by atoms with Crippen molar-refractivity contribution in [1.29, 1.82) is 0 Å². The molecule has 7 heteroatoms. The maximum absolute atomic E-state index is 12.7. The summed E-state index contributed by atoms with van der Waals surface area (Å²) in [5.74, 6) is 0.959. The third kappa shape index (κ3) is 3.34. The van der Waals surface area contributed by atoms with Crippen LogP contribution < -0.4 is 9.47 Å². The number of aliphatic hydroxyl groups excluding tert-OH is 1. The Hall–Kier alpha value is -2.90. The predicted molar refractivity (Wildman–Crippen MR) is 109 cm³/mol. The first kappa shape index (κ1) is 19.1. The number of carbonyl (C=O) groups is 2. The van der Waals surface area contributed by atoms with E-state index in [4.69, 9.17) is 9.47 Å². The molecule has 2 aromatic carbocycles. The maximum Gasteiger partial charge on any atom is 0.261 e. The van der Waals surface area contributed by atoms with E-state index in [2.05, 4.69) is 4.90 Å². The predicted octanol–water partition coefficient (Wildman–Crippen LogP) is 1.95. The average molecular weight is 408 g/mol. The summed E-state index contributed by atoms with van der Waals surface area (Å²) >= 11 is 0. The number of imide groups is 1. The molecule has 1 N–H and O–H groups in total. The van der Waals surface area contributed by atoms with Crippen LogP contribution in [-0.4, -0.2) is 71.2 Å². The number of amides is 2. The molecule has 0 bridgehead atoms. The molecule has 2 atom stereocenters. The van der Waals surface area contributed by atoms with Crippen LogP contribution in [0.2, 0.25) is 0 Å². The molecule has 0 aromatic heterocycles. The van der Waals surface area contributed by atoms with Crippen molar-refractivity contribution >= 4 is 11.8 Å². The topological polar surface area (TPSA) is 79.3 Å². The Labute approximate surface area is 174 Å². The van der Waals surface area contributed by atoms with Gasteiger partial charge in [-0.15, -0.1) is 0 Å². The van der Waals surface area contributed by atoms with Crippen molar-refractivity contribution < 1.29 is 24.2 Å². The Balaban J connectivity index is 1.16. The van der Waals surface area contributed by atoms with E-state index in [1.165, 1.54) is 4.90 Å². The molecule has 0 radical (unpaired) electrons. The van der Waals surface area contributed by atoms with Gasteiger partial charge in [0.25, 0.3) is 11.8 Å². The highest BCUT2D eigenvalue weighted by atomic mass is 16.6. The molecule has 7 nitrogen and oxygen atoms in total. The molecule has 0 spiro atoms. The Bertz CT molecular complexity index is 935. The van der Waals surface area contributed by atoms with Gasteiger partial charge in [-0.25, -0.2) is 0 Å². The van der Waals surface area contributed by atoms with Crippen LogP contribution in [-0.2, 0) is 0 Å². The SMILES string of the molecule is O=C1c2ccccc2C(=O)N1C1CCN(CC(O)C2COc3ccccc3O2)CC1. The molecule has 1 fully saturated rings. The molecule has 2 unspecified atom stereocenters. The van der Waals surface area contributed by atoms with Crippen molar-refractivity contribution in [3.05, 3.63) is 59.7 Å². The number of carbonyl (C=O) groups excluding carboxylic acids is 2. The van der Waals surface area contributed by atoms with E-state index in [1.54, 1.807) is 24.3 Å². The van der Waals surface area contributed by atoms with Gasteiger partial charge in [0.15, 0.2) is 17.6 Å². The van der Waals surface area contributed by atoms with E-state index in [0.717, 1.165) is 0 Å². The lowest BCUT2D eigenvalue weighted by atomic mass is 10.0. The molecule has 156 valence electrons. The van der Waals surface area contributed by atoms with Gasteiger partial charge in [-0.3, -0.25) is 14.5 Å². The highest BCUT2D eigenvalue weighted by Gasteiger charge is 2.41. The van der Waals surface area contributed by atoms with Gasteiger partial charge in [0.2, 0.25) is 0 Å². The summed E-state index contributed by atoms with van der Waals surface area (Å²) in [5, 5.41) is 10.7. The third-order valence-corrected chi connectivity index (χ3v) is 6.15. The normalized spacial score (nSPS) is 22.8. The van der Waals surface area contributed by atoms with Crippen molar-refractivity contribution in [2.75, 3.05) is 26.2 Å². The number of benzene rings is 2. The molecular formula is C23H24N2O5. The molecule has 3 heterocycles. The van der Waals surface area contributed by atoms with Gasteiger partial charge < -0.3 is 19.5 Å². The van der Waals surface area contributed by atoms with Crippen LogP contribution in [0.1, 0.15) is 33.6 Å². The van der Waals surface area contributed by atoms with E-state index in [-0.39, 0.29) is 17.9 Å². The first-order chi connectivity index (χ1) is 14.6. The highest BCUT2D eigenvalue weighted by Crippen LogP contribution is 2.32. The van der Waals surface area contributed by atoms with Crippen molar-refractivity contribution in [1.82, 2.24) is 9.80 Å². The van der Waals surface area contributed by atoms with Gasteiger partial charge in [-0.05, 0) is 37.1 Å². The lowest BCUT2D eigenvalue weighted by Gasteiger charge is -2.38. The molecule has 5 rings (SSSR count). The van der Waals surface area contributed by atoms with Gasteiger partial charge in [0.1, 0.15) is 12.7 Å². The Morgan fingerprint density at radius 3 is 2.20 bits per heavy atom. The van der Waals surface area contributed by atoms with E-state index in [9.17, 15) is 14.7 Å². The van der Waals surface area contributed by atoms with Crippen LogP contribution in [0.15, 0.2) is 48.5 Å². The van der Waals surface area contributed by atoms with E-state index in [0.29, 0.717) is 61.7 Å². The third-order valence-electron chi connectivity index (χ3n) is 6.15. The minimum Gasteiger partial charge on any atom is -0.486 e. The number of piperidine rings is 1. The van der Waals surface area contributed by atoms with Crippen LogP contribution in [0.3, 0.4) is 0 Å². The number of rotatable bonds is 4. The number of nitrogens with zero attached hydrogens (tertiary/aromatic N) is 2. The minimum absolute atomic E-state index is 0.105. The summed E-state index contributed by atoms with van der Waals surface area (Å²) in [7, 11) is 0. The van der Waals surface area contributed by atoms with Gasteiger partial charge in [0, 0.05) is 25.7 Å². The lowest BCUT2D eigenvalue weighted by molar-refractivity contribution is -0.0299. The van der Waals surface area contributed by atoms with Gasteiger partial charge in [0.05, 0.1) is 11.1 Å². The maximum atomic E-state index is 12.7. The first-order valence-corrected chi connectivity index (χ1v) is 10.4. The van der Waals surface area contributed by atoms with Gasteiger partial charge >= 0.3 is 0 Å². The van der Waals surface area contributed by atoms with Crippen LogP contribution in [0.4, 0.5) is 0 Å². The molecule has 2 aromatic rings. The lowest BCUT2D eigenvalue weighted by Crippen LogP contribution is -2.51. The number of hydrogen-bond donors (Lipinski definition) is 1. The van der Waals surface area contributed by atoms with Crippen molar-refractivity contribution in [3.8, 4) is 11.5 Å². The summed E-state index contributed by atoms with van der Waals surface area (Å²) in [4.78, 5) is 29.0. The number of β-amino-alcohol motifs (C(OH)–C–C–N with tert-alkyl or cyclic N) is 1. The zero-order valence-corrected chi connectivity index (χ0v) is 16.6. The summed E-state index contributed by atoms with van der Waals surface area (Å²) in [6.45, 7) is 2.19. The molecule has 0 aliphatic carbocycles. The van der Waals surface area contributed by atoms with Crippen LogP contribution in [0, 0.1) is 0 Å². The first-order valence-electron chi connectivity index (χ1n) is 10.4. The van der Waals surface area contributed by atoms with E-state index < -0.39 is 12.2 Å². The fourth-order valence-corrected chi connectivity index (χ4v) is 4.51. The number of likely N-dealkylation sites (tertiary alicyclic amines) is 1.